The Morgan fingerprint density at radius 3 is 2.88 bits per heavy atom. The monoisotopic (exact) mass is 225 g/mol. The molecule has 0 bridgehead atoms. The minimum atomic E-state index is 0.272. The molecule has 1 aromatic carbocycles. The molecule has 1 heterocycles. The van der Waals surface area contributed by atoms with E-state index >= 15 is 0 Å². The van der Waals surface area contributed by atoms with Crippen LogP contribution in [0.5, 0.6) is 0 Å². The minimum absolute atomic E-state index is 0.272. The van der Waals surface area contributed by atoms with E-state index in [0.29, 0.717) is 12.3 Å². The zero-order chi connectivity index (χ0) is 11.8. The van der Waals surface area contributed by atoms with Gasteiger partial charge in [0.2, 0.25) is 0 Å². The highest BCUT2D eigenvalue weighted by Gasteiger charge is 2.25. The van der Waals surface area contributed by atoms with Gasteiger partial charge in [0.15, 0.2) is 5.78 Å². The summed E-state index contributed by atoms with van der Waals surface area (Å²) in [6.07, 6.45) is 3.13. The number of fused-ring (bicyclic) bond motifs is 1. The smallest absolute Gasteiger partial charge is 0.163 e. The second kappa shape index (κ2) is 3.95. The Labute approximate surface area is 101 Å². The Morgan fingerprint density at radius 1 is 1.35 bits per heavy atom. The topological polar surface area (TPSA) is 30.0 Å². The van der Waals surface area contributed by atoms with Crippen LogP contribution in [0.1, 0.15) is 35.3 Å². The average Bonchev–Trinajstić information content (AvgIpc) is 3.11. The first-order chi connectivity index (χ1) is 8.24. The molecule has 0 aliphatic heterocycles. The van der Waals surface area contributed by atoms with E-state index in [1.807, 2.05) is 37.3 Å². The zero-order valence-electron chi connectivity index (χ0n) is 9.94. The van der Waals surface area contributed by atoms with Crippen LogP contribution in [0.3, 0.4) is 0 Å². The Morgan fingerprint density at radius 2 is 2.12 bits per heavy atom. The number of pyridine rings is 1. The lowest BCUT2D eigenvalue weighted by atomic mass is 10.0. The highest BCUT2D eigenvalue weighted by atomic mass is 16.1. The molecule has 2 aromatic rings. The van der Waals surface area contributed by atoms with Gasteiger partial charge in [-0.3, -0.25) is 9.78 Å². The molecule has 0 saturated heterocycles. The van der Waals surface area contributed by atoms with E-state index in [1.54, 1.807) is 0 Å². The van der Waals surface area contributed by atoms with Crippen LogP contribution < -0.4 is 0 Å². The fourth-order valence-electron chi connectivity index (χ4n) is 2.23. The number of para-hydroxylation sites is 1. The first-order valence-electron chi connectivity index (χ1n) is 6.13. The summed E-state index contributed by atoms with van der Waals surface area (Å²) in [6.45, 7) is 1.94. The summed E-state index contributed by atoms with van der Waals surface area (Å²) in [6, 6.07) is 9.81. The Hall–Kier alpha value is -1.70. The molecule has 86 valence electrons. The van der Waals surface area contributed by atoms with Crippen molar-refractivity contribution < 1.29 is 4.79 Å². The van der Waals surface area contributed by atoms with Gasteiger partial charge in [0.05, 0.1) is 5.52 Å². The van der Waals surface area contributed by atoms with Gasteiger partial charge in [0, 0.05) is 23.1 Å². The number of rotatable bonds is 3. The number of aromatic nitrogens is 1. The molecule has 2 heteroatoms. The van der Waals surface area contributed by atoms with E-state index in [9.17, 15) is 4.79 Å². The minimum Gasteiger partial charge on any atom is -0.294 e. The fraction of sp³-hybridized carbons (Fsp3) is 0.333. The summed E-state index contributed by atoms with van der Waals surface area (Å²) in [5.41, 5.74) is 2.69. The van der Waals surface area contributed by atoms with Crippen LogP contribution in [0, 0.1) is 12.8 Å². The fourth-order valence-corrected chi connectivity index (χ4v) is 2.23. The van der Waals surface area contributed by atoms with Gasteiger partial charge in [-0.25, -0.2) is 0 Å². The van der Waals surface area contributed by atoms with Crippen LogP contribution >= 0.6 is 0 Å². The van der Waals surface area contributed by atoms with Crippen LogP contribution in [-0.4, -0.2) is 10.8 Å². The number of nitrogens with zero attached hydrogens (tertiary/aromatic N) is 1. The molecule has 1 aliphatic rings. The van der Waals surface area contributed by atoms with Crippen molar-refractivity contribution in [2.75, 3.05) is 0 Å². The molecular weight excluding hydrogens is 210 g/mol. The summed E-state index contributed by atoms with van der Waals surface area (Å²) in [7, 11) is 0. The average molecular weight is 225 g/mol. The number of hydrogen-bond acceptors (Lipinski definition) is 2. The largest absolute Gasteiger partial charge is 0.294 e. The lowest BCUT2D eigenvalue weighted by molar-refractivity contribution is 0.0977. The van der Waals surface area contributed by atoms with Crippen molar-refractivity contribution in [1.82, 2.24) is 4.98 Å². The van der Waals surface area contributed by atoms with Crippen LogP contribution in [0.25, 0.3) is 10.9 Å². The summed E-state index contributed by atoms with van der Waals surface area (Å²) in [5.74, 6) is 0.906. The summed E-state index contributed by atoms with van der Waals surface area (Å²) in [5, 5.41) is 0.990. The predicted molar refractivity (Wildman–Crippen MR) is 68.2 cm³/mol. The van der Waals surface area contributed by atoms with Crippen molar-refractivity contribution >= 4 is 16.7 Å². The molecule has 1 aliphatic carbocycles. The molecule has 0 radical (unpaired) electrons. The number of hydrogen-bond donors (Lipinski definition) is 0. The standard InChI is InChI=1S/C15H15NO/c1-10-8-13(15(17)9-11-6-7-11)12-4-2-3-5-14(12)16-10/h2-5,8,11H,6-7,9H2,1H3. The third kappa shape index (κ3) is 2.07. The van der Waals surface area contributed by atoms with Gasteiger partial charge in [-0.05, 0) is 37.8 Å². The molecular formula is C15H15NO. The molecule has 3 rings (SSSR count). The summed E-state index contributed by atoms with van der Waals surface area (Å²) in [4.78, 5) is 16.7. The summed E-state index contributed by atoms with van der Waals surface area (Å²) < 4.78 is 0. The maximum absolute atomic E-state index is 12.2. The number of Topliss-reactive ketones (excluding diaryl/α,β-unsaturated/α-hetero) is 1. The number of carbonyl (C=O) groups excluding carboxylic acids is 1. The Kier molecular flexibility index (Phi) is 2.43. The van der Waals surface area contributed by atoms with Crippen molar-refractivity contribution in [2.45, 2.75) is 26.2 Å². The molecule has 2 nitrogen and oxygen atoms in total. The quantitative estimate of drug-likeness (QED) is 0.748. The van der Waals surface area contributed by atoms with Crippen molar-refractivity contribution in [2.24, 2.45) is 5.92 Å². The first kappa shape index (κ1) is 10.5. The highest BCUT2D eigenvalue weighted by molar-refractivity contribution is 6.07. The van der Waals surface area contributed by atoms with Gasteiger partial charge in [-0.1, -0.05) is 18.2 Å². The molecule has 0 N–H and O–H groups in total. The maximum Gasteiger partial charge on any atom is 0.163 e. The molecule has 0 spiro atoms. The molecule has 1 aromatic heterocycles. The van der Waals surface area contributed by atoms with Crippen molar-refractivity contribution in [1.29, 1.82) is 0 Å². The van der Waals surface area contributed by atoms with E-state index in [4.69, 9.17) is 0 Å². The number of benzene rings is 1. The molecule has 1 fully saturated rings. The van der Waals surface area contributed by atoms with Gasteiger partial charge in [-0.2, -0.15) is 0 Å². The maximum atomic E-state index is 12.2. The van der Waals surface area contributed by atoms with E-state index in [0.717, 1.165) is 22.2 Å². The van der Waals surface area contributed by atoms with E-state index in [2.05, 4.69) is 4.98 Å². The van der Waals surface area contributed by atoms with Crippen molar-refractivity contribution in [3.8, 4) is 0 Å². The molecule has 0 atom stereocenters. The lowest BCUT2D eigenvalue weighted by Crippen LogP contribution is -2.03. The van der Waals surface area contributed by atoms with Gasteiger partial charge >= 0.3 is 0 Å². The molecule has 0 unspecified atom stereocenters. The van der Waals surface area contributed by atoms with Gasteiger partial charge in [-0.15, -0.1) is 0 Å². The third-order valence-electron chi connectivity index (χ3n) is 3.32. The molecule has 1 saturated carbocycles. The van der Waals surface area contributed by atoms with Crippen LogP contribution in [0.4, 0.5) is 0 Å². The van der Waals surface area contributed by atoms with Crippen LogP contribution in [-0.2, 0) is 0 Å². The second-order valence-corrected chi connectivity index (χ2v) is 4.90. The summed E-state index contributed by atoms with van der Waals surface area (Å²) >= 11 is 0. The normalized spacial score (nSPS) is 15.1. The highest BCUT2D eigenvalue weighted by Crippen LogP contribution is 2.34. The van der Waals surface area contributed by atoms with Crippen molar-refractivity contribution in [3.63, 3.8) is 0 Å². The van der Waals surface area contributed by atoms with Crippen molar-refractivity contribution in [3.05, 3.63) is 41.6 Å². The third-order valence-corrected chi connectivity index (χ3v) is 3.32. The van der Waals surface area contributed by atoms with Gasteiger partial charge in [0.25, 0.3) is 0 Å². The van der Waals surface area contributed by atoms with E-state index in [-0.39, 0.29) is 5.78 Å². The molecule has 0 amide bonds. The predicted octanol–water partition coefficient (Wildman–Crippen LogP) is 3.53. The Bertz CT molecular complexity index is 584. The lowest BCUT2D eigenvalue weighted by Gasteiger charge is -2.06. The Balaban J connectivity index is 2.09. The van der Waals surface area contributed by atoms with Gasteiger partial charge in [0.1, 0.15) is 0 Å². The first-order valence-corrected chi connectivity index (χ1v) is 6.13. The van der Waals surface area contributed by atoms with Crippen LogP contribution in [0.15, 0.2) is 30.3 Å². The second-order valence-electron chi connectivity index (χ2n) is 4.90. The number of aryl methyl sites for hydroxylation is 1. The number of carbonyl (C=O) groups is 1. The van der Waals surface area contributed by atoms with E-state index in [1.165, 1.54) is 12.8 Å². The zero-order valence-corrected chi connectivity index (χ0v) is 9.94. The SMILES string of the molecule is Cc1cc(C(=O)CC2CC2)c2ccccc2n1. The van der Waals surface area contributed by atoms with E-state index < -0.39 is 0 Å². The molecule has 17 heavy (non-hydrogen) atoms. The number of ketones is 1. The van der Waals surface area contributed by atoms with Gasteiger partial charge < -0.3 is 0 Å². The van der Waals surface area contributed by atoms with Crippen LogP contribution in [0.2, 0.25) is 0 Å².